The van der Waals surface area contributed by atoms with Crippen molar-refractivity contribution >= 4 is 16.6 Å². The van der Waals surface area contributed by atoms with Gasteiger partial charge in [0.2, 0.25) is 0 Å². The summed E-state index contributed by atoms with van der Waals surface area (Å²) in [6.07, 6.45) is 8.49. The topological polar surface area (TPSA) is 71.0 Å². The van der Waals surface area contributed by atoms with Crippen LogP contribution in [-0.4, -0.2) is 15.9 Å². The van der Waals surface area contributed by atoms with Crippen molar-refractivity contribution in [3.8, 4) is 0 Å². The van der Waals surface area contributed by atoms with Crippen LogP contribution in [-0.2, 0) is 6.42 Å². The first kappa shape index (κ1) is 15.6. The van der Waals surface area contributed by atoms with Gasteiger partial charge in [0.05, 0.1) is 4.92 Å². The highest BCUT2D eigenvalue weighted by atomic mass is 16.6. The van der Waals surface area contributed by atoms with Gasteiger partial charge in [-0.1, -0.05) is 19.8 Å². The van der Waals surface area contributed by atoms with Gasteiger partial charge >= 0.3 is 0 Å². The molecule has 0 radical (unpaired) electrons. The first-order valence-electron chi connectivity index (χ1n) is 9.16. The third-order valence-electron chi connectivity index (χ3n) is 5.77. The van der Waals surface area contributed by atoms with Gasteiger partial charge in [0.25, 0.3) is 5.69 Å². The van der Waals surface area contributed by atoms with Crippen LogP contribution in [0, 0.1) is 16.0 Å². The zero-order valence-corrected chi connectivity index (χ0v) is 14.2. The monoisotopic (exact) mass is 327 g/mol. The quantitative estimate of drug-likeness (QED) is 0.638. The number of aryl methyl sites for hydroxylation is 1. The highest BCUT2D eigenvalue weighted by Gasteiger charge is 2.28. The molecule has 3 atom stereocenters. The Bertz CT molecular complexity index is 767. The molecule has 0 amide bonds. The number of nitro benzene ring substituents is 1. The first-order valence-corrected chi connectivity index (χ1v) is 9.16. The molecule has 128 valence electrons. The lowest BCUT2D eigenvalue weighted by molar-refractivity contribution is -0.384. The largest absolute Gasteiger partial charge is 0.357 e. The Morgan fingerprint density at radius 2 is 2.12 bits per heavy atom. The summed E-state index contributed by atoms with van der Waals surface area (Å²) in [6.45, 7) is 2.35. The molecule has 0 spiro atoms. The van der Waals surface area contributed by atoms with Gasteiger partial charge in [0, 0.05) is 40.8 Å². The van der Waals surface area contributed by atoms with Crippen LogP contribution in [0.25, 0.3) is 10.9 Å². The van der Waals surface area contributed by atoms with Gasteiger partial charge in [-0.25, -0.2) is 0 Å². The number of hydrogen-bond acceptors (Lipinski definition) is 3. The van der Waals surface area contributed by atoms with Crippen molar-refractivity contribution in [1.29, 1.82) is 0 Å². The molecule has 2 aromatic rings. The third-order valence-corrected chi connectivity index (χ3v) is 5.77. The lowest BCUT2D eigenvalue weighted by atomic mass is 9.85. The number of aromatic nitrogens is 1. The lowest BCUT2D eigenvalue weighted by Gasteiger charge is -2.33. The Morgan fingerprint density at radius 3 is 2.92 bits per heavy atom. The average molecular weight is 327 g/mol. The van der Waals surface area contributed by atoms with E-state index >= 15 is 0 Å². The van der Waals surface area contributed by atoms with Gasteiger partial charge in [-0.3, -0.25) is 10.1 Å². The van der Waals surface area contributed by atoms with Crippen molar-refractivity contribution in [3.63, 3.8) is 0 Å². The maximum atomic E-state index is 11.1. The number of rotatable bonds is 3. The molecule has 0 unspecified atom stereocenters. The fraction of sp³-hybridized carbons (Fsp3) is 0.579. The fourth-order valence-electron chi connectivity index (χ4n) is 4.60. The molecule has 1 aromatic carbocycles. The molecular weight excluding hydrogens is 302 g/mol. The molecule has 0 bridgehead atoms. The summed E-state index contributed by atoms with van der Waals surface area (Å²) in [4.78, 5) is 14.3. The van der Waals surface area contributed by atoms with E-state index in [-0.39, 0.29) is 10.6 Å². The van der Waals surface area contributed by atoms with Crippen molar-refractivity contribution in [2.75, 3.05) is 0 Å². The number of nitrogens with one attached hydrogen (secondary N) is 2. The Morgan fingerprint density at radius 1 is 1.25 bits per heavy atom. The molecule has 24 heavy (non-hydrogen) atoms. The summed E-state index contributed by atoms with van der Waals surface area (Å²) >= 11 is 0. The van der Waals surface area contributed by atoms with E-state index in [4.69, 9.17) is 0 Å². The molecule has 2 aliphatic rings. The maximum Gasteiger partial charge on any atom is 0.270 e. The molecular formula is C19H25N3O2. The number of nitrogens with zero attached hydrogens (tertiary/aromatic N) is 1. The Kier molecular flexibility index (Phi) is 4.04. The lowest BCUT2D eigenvalue weighted by Crippen LogP contribution is -2.37. The molecule has 0 saturated heterocycles. The second kappa shape index (κ2) is 6.20. The minimum absolute atomic E-state index is 0.181. The van der Waals surface area contributed by atoms with E-state index in [1.165, 1.54) is 36.9 Å². The zero-order valence-electron chi connectivity index (χ0n) is 14.2. The van der Waals surface area contributed by atoms with Gasteiger partial charge in [-0.15, -0.1) is 0 Å². The summed E-state index contributed by atoms with van der Waals surface area (Å²) in [6, 6.07) is 6.14. The molecule has 1 fully saturated rings. The molecule has 2 aliphatic carbocycles. The number of fused-ring (bicyclic) bond motifs is 3. The highest BCUT2D eigenvalue weighted by Crippen LogP contribution is 2.37. The molecule has 1 heterocycles. The van der Waals surface area contributed by atoms with Crippen LogP contribution >= 0.6 is 0 Å². The molecule has 1 aromatic heterocycles. The smallest absolute Gasteiger partial charge is 0.270 e. The van der Waals surface area contributed by atoms with Crippen LogP contribution in [0.1, 0.15) is 62.7 Å². The van der Waals surface area contributed by atoms with Gasteiger partial charge in [-0.05, 0) is 49.7 Å². The molecule has 5 nitrogen and oxygen atoms in total. The number of benzene rings is 1. The van der Waals surface area contributed by atoms with Crippen molar-refractivity contribution < 1.29 is 4.92 Å². The van der Waals surface area contributed by atoms with Crippen molar-refractivity contribution in [2.24, 2.45) is 5.92 Å². The Hall–Kier alpha value is -1.88. The minimum atomic E-state index is -0.305. The normalized spacial score (nSPS) is 27.1. The number of hydrogen-bond donors (Lipinski definition) is 2. The summed E-state index contributed by atoms with van der Waals surface area (Å²) in [5, 5.41) is 16.0. The Balaban J connectivity index is 1.64. The van der Waals surface area contributed by atoms with Crippen LogP contribution in [0.4, 0.5) is 5.69 Å². The molecule has 1 saturated carbocycles. The SMILES string of the molecule is C[C@@H]1CCC[C@@H](N[C@@H]2CCCc3c2[nH]c2ccc([N+](=O)[O-])cc32)C1. The second-order valence-electron chi connectivity index (χ2n) is 7.58. The number of H-pyrrole nitrogens is 1. The standard InChI is InChI=1S/C19H25N3O2/c1-12-4-2-5-13(10-12)20-18-7-3-6-15-16-11-14(22(23)24)8-9-17(16)21-19(15)18/h8-9,11-13,18,20-21H,2-7,10H2,1H3/t12-,13-,18-/m1/s1. The predicted octanol–water partition coefficient (Wildman–Crippen LogP) is 4.62. The minimum Gasteiger partial charge on any atom is -0.357 e. The number of aromatic amines is 1. The van der Waals surface area contributed by atoms with E-state index < -0.39 is 0 Å². The van der Waals surface area contributed by atoms with Crippen LogP contribution in [0.3, 0.4) is 0 Å². The van der Waals surface area contributed by atoms with Crippen molar-refractivity contribution in [2.45, 2.75) is 64.0 Å². The van der Waals surface area contributed by atoms with Crippen LogP contribution in [0.5, 0.6) is 0 Å². The summed E-state index contributed by atoms with van der Waals surface area (Å²) in [5.74, 6) is 0.810. The van der Waals surface area contributed by atoms with Gasteiger partial charge in [0.1, 0.15) is 0 Å². The highest BCUT2D eigenvalue weighted by molar-refractivity contribution is 5.87. The van der Waals surface area contributed by atoms with Crippen LogP contribution in [0.15, 0.2) is 18.2 Å². The summed E-state index contributed by atoms with van der Waals surface area (Å²) in [5.41, 5.74) is 3.74. The van der Waals surface area contributed by atoms with Crippen molar-refractivity contribution in [1.82, 2.24) is 10.3 Å². The van der Waals surface area contributed by atoms with E-state index in [1.54, 1.807) is 12.1 Å². The van der Waals surface area contributed by atoms with E-state index in [0.29, 0.717) is 12.1 Å². The molecule has 2 N–H and O–H groups in total. The van der Waals surface area contributed by atoms with E-state index in [0.717, 1.165) is 36.1 Å². The summed E-state index contributed by atoms with van der Waals surface area (Å²) in [7, 11) is 0. The fourth-order valence-corrected chi connectivity index (χ4v) is 4.60. The van der Waals surface area contributed by atoms with Gasteiger partial charge in [0.15, 0.2) is 0 Å². The number of non-ortho nitro benzene ring substituents is 1. The average Bonchev–Trinajstić information content (AvgIpc) is 2.94. The maximum absolute atomic E-state index is 11.1. The predicted molar refractivity (Wildman–Crippen MR) is 95.2 cm³/mol. The molecule has 4 rings (SSSR count). The van der Waals surface area contributed by atoms with Gasteiger partial charge in [-0.2, -0.15) is 0 Å². The van der Waals surface area contributed by atoms with Gasteiger partial charge < -0.3 is 10.3 Å². The zero-order chi connectivity index (χ0) is 16.7. The van der Waals surface area contributed by atoms with Crippen LogP contribution < -0.4 is 5.32 Å². The van der Waals surface area contributed by atoms with E-state index in [9.17, 15) is 10.1 Å². The number of nitro groups is 1. The van der Waals surface area contributed by atoms with E-state index in [2.05, 4.69) is 17.2 Å². The van der Waals surface area contributed by atoms with Crippen LogP contribution in [0.2, 0.25) is 0 Å². The first-order chi connectivity index (χ1) is 11.6. The van der Waals surface area contributed by atoms with E-state index in [1.807, 2.05) is 6.07 Å². The molecule has 5 heteroatoms. The summed E-state index contributed by atoms with van der Waals surface area (Å²) < 4.78 is 0. The Labute approximate surface area is 142 Å². The third kappa shape index (κ3) is 2.81. The second-order valence-corrected chi connectivity index (χ2v) is 7.58. The molecule has 0 aliphatic heterocycles. The van der Waals surface area contributed by atoms with Crippen molar-refractivity contribution in [3.05, 3.63) is 39.6 Å².